The fourth-order valence-electron chi connectivity index (χ4n) is 1.80. The molecule has 0 spiro atoms. The number of aromatic nitrogens is 1. The lowest BCUT2D eigenvalue weighted by Gasteiger charge is -2.22. The molecule has 0 unspecified atom stereocenters. The Morgan fingerprint density at radius 3 is 2.79 bits per heavy atom. The molecule has 0 saturated heterocycles. The number of hydrogen-bond acceptors (Lipinski definition) is 2. The van der Waals surface area contributed by atoms with E-state index in [1.165, 1.54) is 32.1 Å². The van der Waals surface area contributed by atoms with Gasteiger partial charge in [0.2, 0.25) is 5.88 Å². The van der Waals surface area contributed by atoms with E-state index in [0.717, 1.165) is 10.4 Å². The molecule has 0 amide bonds. The van der Waals surface area contributed by atoms with Crippen molar-refractivity contribution in [1.29, 1.82) is 0 Å². The van der Waals surface area contributed by atoms with Gasteiger partial charge in [-0.3, -0.25) is 0 Å². The predicted molar refractivity (Wildman–Crippen MR) is 59.4 cm³/mol. The summed E-state index contributed by atoms with van der Waals surface area (Å²) in [6.45, 7) is 0. The van der Waals surface area contributed by atoms with Gasteiger partial charge in [0.15, 0.2) is 0 Å². The molecule has 1 aliphatic carbocycles. The Labute approximate surface area is 92.8 Å². The summed E-state index contributed by atoms with van der Waals surface area (Å²) in [5.41, 5.74) is 0. The van der Waals surface area contributed by atoms with Crippen LogP contribution >= 0.6 is 15.9 Å². The second-order valence-electron chi connectivity index (χ2n) is 3.67. The average Bonchev–Trinajstić information content (AvgIpc) is 2.23. The van der Waals surface area contributed by atoms with E-state index in [1.807, 2.05) is 12.1 Å². The highest BCUT2D eigenvalue weighted by atomic mass is 79.9. The zero-order valence-electron chi connectivity index (χ0n) is 8.08. The Balaban J connectivity index is 1.99. The van der Waals surface area contributed by atoms with Crippen molar-refractivity contribution < 1.29 is 4.74 Å². The molecule has 1 fully saturated rings. The van der Waals surface area contributed by atoms with Gasteiger partial charge in [0.1, 0.15) is 6.10 Å². The quantitative estimate of drug-likeness (QED) is 0.807. The molecule has 1 aromatic heterocycles. The SMILES string of the molecule is Brc1cccnc1OC1CCCCC1. The Hall–Kier alpha value is -0.570. The van der Waals surface area contributed by atoms with Crippen LogP contribution in [-0.2, 0) is 0 Å². The molecule has 76 valence electrons. The lowest BCUT2D eigenvalue weighted by atomic mass is 9.98. The van der Waals surface area contributed by atoms with Crippen molar-refractivity contribution in [2.24, 2.45) is 0 Å². The van der Waals surface area contributed by atoms with Crippen molar-refractivity contribution in [2.45, 2.75) is 38.2 Å². The first-order valence-corrected chi connectivity index (χ1v) is 5.93. The van der Waals surface area contributed by atoms with Crippen LogP contribution < -0.4 is 4.74 Å². The maximum absolute atomic E-state index is 5.83. The summed E-state index contributed by atoms with van der Waals surface area (Å²) in [6.07, 6.45) is 8.40. The van der Waals surface area contributed by atoms with Crippen LogP contribution in [0, 0.1) is 0 Å². The van der Waals surface area contributed by atoms with Crippen molar-refractivity contribution in [2.75, 3.05) is 0 Å². The lowest BCUT2D eigenvalue weighted by molar-refractivity contribution is 0.147. The molecule has 0 N–H and O–H groups in total. The number of rotatable bonds is 2. The molecule has 0 aliphatic heterocycles. The number of halogens is 1. The molecule has 2 rings (SSSR count). The first kappa shape index (κ1) is 9.97. The second-order valence-corrected chi connectivity index (χ2v) is 4.52. The zero-order valence-corrected chi connectivity index (χ0v) is 9.66. The normalized spacial score (nSPS) is 18.1. The summed E-state index contributed by atoms with van der Waals surface area (Å²) in [7, 11) is 0. The maximum Gasteiger partial charge on any atom is 0.228 e. The van der Waals surface area contributed by atoms with Crippen LogP contribution in [0.1, 0.15) is 32.1 Å². The minimum atomic E-state index is 0.370. The molecule has 3 heteroatoms. The highest BCUT2D eigenvalue weighted by molar-refractivity contribution is 9.10. The molecule has 0 bridgehead atoms. The van der Waals surface area contributed by atoms with Crippen molar-refractivity contribution >= 4 is 15.9 Å². The number of nitrogens with zero attached hydrogens (tertiary/aromatic N) is 1. The summed E-state index contributed by atoms with van der Waals surface area (Å²) >= 11 is 3.44. The van der Waals surface area contributed by atoms with Gasteiger partial charge < -0.3 is 4.74 Å². The Morgan fingerprint density at radius 2 is 2.07 bits per heavy atom. The standard InChI is InChI=1S/C11H14BrNO/c12-10-7-4-8-13-11(10)14-9-5-2-1-3-6-9/h4,7-9H,1-3,5-6H2. The molecule has 14 heavy (non-hydrogen) atoms. The van der Waals surface area contributed by atoms with Gasteiger partial charge in [-0.1, -0.05) is 6.42 Å². The Morgan fingerprint density at radius 1 is 1.29 bits per heavy atom. The van der Waals surface area contributed by atoms with E-state index < -0.39 is 0 Å². The van der Waals surface area contributed by atoms with Gasteiger partial charge >= 0.3 is 0 Å². The molecule has 0 aromatic carbocycles. The molecule has 1 saturated carbocycles. The number of pyridine rings is 1. The Bertz CT molecular complexity index is 297. The third-order valence-electron chi connectivity index (χ3n) is 2.56. The third-order valence-corrected chi connectivity index (χ3v) is 3.16. The lowest BCUT2D eigenvalue weighted by Crippen LogP contribution is -2.20. The molecule has 1 aromatic rings. The van der Waals surface area contributed by atoms with E-state index in [1.54, 1.807) is 6.20 Å². The van der Waals surface area contributed by atoms with Crippen LogP contribution in [-0.4, -0.2) is 11.1 Å². The highest BCUT2D eigenvalue weighted by Gasteiger charge is 2.16. The first-order valence-electron chi connectivity index (χ1n) is 5.13. The topological polar surface area (TPSA) is 22.1 Å². The molecule has 0 atom stereocenters. The minimum Gasteiger partial charge on any atom is -0.474 e. The van der Waals surface area contributed by atoms with E-state index in [-0.39, 0.29) is 0 Å². The van der Waals surface area contributed by atoms with Crippen molar-refractivity contribution in [3.05, 3.63) is 22.8 Å². The van der Waals surface area contributed by atoms with Crippen LogP contribution in [0.4, 0.5) is 0 Å². The van der Waals surface area contributed by atoms with E-state index >= 15 is 0 Å². The summed E-state index contributed by atoms with van der Waals surface area (Å²) in [5.74, 6) is 0.736. The smallest absolute Gasteiger partial charge is 0.228 e. The van der Waals surface area contributed by atoms with Gasteiger partial charge in [0.05, 0.1) is 4.47 Å². The monoisotopic (exact) mass is 255 g/mol. The first-order chi connectivity index (χ1) is 6.86. The number of hydrogen-bond donors (Lipinski definition) is 0. The van der Waals surface area contributed by atoms with Crippen molar-refractivity contribution in [3.63, 3.8) is 0 Å². The summed E-state index contributed by atoms with van der Waals surface area (Å²) < 4.78 is 6.78. The zero-order chi connectivity index (χ0) is 9.80. The summed E-state index contributed by atoms with van der Waals surface area (Å²) in [4.78, 5) is 4.20. The average molecular weight is 256 g/mol. The van der Waals surface area contributed by atoms with Crippen molar-refractivity contribution in [1.82, 2.24) is 4.98 Å². The van der Waals surface area contributed by atoms with Crippen LogP contribution in [0.3, 0.4) is 0 Å². The van der Waals surface area contributed by atoms with E-state index in [9.17, 15) is 0 Å². The van der Waals surface area contributed by atoms with Crippen LogP contribution in [0.5, 0.6) is 5.88 Å². The molecule has 0 radical (unpaired) electrons. The van der Waals surface area contributed by atoms with Gasteiger partial charge in [-0.25, -0.2) is 4.98 Å². The molecule has 2 nitrogen and oxygen atoms in total. The fourth-order valence-corrected chi connectivity index (χ4v) is 2.15. The molecule has 1 aliphatic rings. The van der Waals surface area contributed by atoms with E-state index in [2.05, 4.69) is 20.9 Å². The second kappa shape index (κ2) is 4.78. The summed E-state index contributed by atoms with van der Waals surface area (Å²) in [6, 6.07) is 3.86. The maximum atomic E-state index is 5.83. The third kappa shape index (κ3) is 2.47. The largest absolute Gasteiger partial charge is 0.474 e. The highest BCUT2D eigenvalue weighted by Crippen LogP contribution is 2.26. The molecule has 1 heterocycles. The van der Waals surface area contributed by atoms with Gasteiger partial charge in [0, 0.05) is 6.20 Å². The number of ether oxygens (including phenoxy) is 1. The van der Waals surface area contributed by atoms with E-state index in [4.69, 9.17) is 4.74 Å². The van der Waals surface area contributed by atoms with Gasteiger partial charge in [0.25, 0.3) is 0 Å². The van der Waals surface area contributed by atoms with Gasteiger partial charge in [-0.15, -0.1) is 0 Å². The summed E-state index contributed by atoms with van der Waals surface area (Å²) in [5, 5.41) is 0. The minimum absolute atomic E-state index is 0.370. The fraction of sp³-hybridized carbons (Fsp3) is 0.545. The van der Waals surface area contributed by atoms with E-state index in [0.29, 0.717) is 6.10 Å². The Kier molecular flexibility index (Phi) is 3.40. The van der Waals surface area contributed by atoms with Gasteiger partial charge in [-0.2, -0.15) is 0 Å². The van der Waals surface area contributed by atoms with Crippen LogP contribution in [0.25, 0.3) is 0 Å². The molecular weight excluding hydrogens is 242 g/mol. The molecular formula is C11H14BrNO. The van der Waals surface area contributed by atoms with Crippen molar-refractivity contribution in [3.8, 4) is 5.88 Å². The van der Waals surface area contributed by atoms with Crippen LogP contribution in [0.2, 0.25) is 0 Å². The van der Waals surface area contributed by atoms with Crippen LogP contribution in [0.15, 0.2) is 22.8 Å². The van der Waals surface area contributed by atoms with Gasteiger partial charge in [-0.05, 0) is 53.7 Å². The predicted octanol–water partition coefficient (Wildman–Crippen LogP) is 3.56.